The van der Waals surface area contributed by atoms with E-state index in [1.54, 1.807) is 0 Å². The van der Waals surface area contributed by atoms with Gasteiger partial charge in [-0.3, -0.25) is 9.88 Å². The summed E-state index contributed by atoms with van der Waals surface area (Å²) in [5.41, 5.74) is 8.31. The van der Waals surface area contributed by atoms with Gasteiger partial charge in [-0.05, 0) is 24.5 Å². The van der Waals surface area contributed by atoms with Crippen LogP contribution < -0.4 is 5.73 Å². The van der Waals surface area contributed by atoms with Crippen LogP contribution in [-0.4, -0.2) is 29.0 Å². The van der Waals surface area contributed by atoms with Crippen LogP contribution >= 0.6 is 0 Å². The third-order valence-electron chi connectivity index (χ3n) is 3.81. The highest BCUT2D eigenvalue weighted by molar-refractivity contribution is 5.78. The number of nitrogens with zero attached hydrogens (tertiary/aromatic N) is 2. The molecule has 2 N–H and O–H groups in total. The first-order chi connectivity index (χ1) is 9.20. The molecule has 1 aromatic carbocycles. The van der Waals surface area contributed by atoms with Crippen LogP contribution in [0.1, 0.15) is 19.0 Å². The molecule has 0 bridgehead atoms. The van der Waals surface area contributed by atoms with Crippen molar-refractivity contribution in [1.29, 1.82) is 0 Å². The van der Waals surface area contributed by atoms with Crippen LogP contribution in [-0.2, 0) is 6.54 Å². The van der Waals surface area contributed by atoms with Gasteiger partial charge in [-0.2, -0.15) is 0 Å². The van der Waals surface area contributed by atoms with E-state index in [0.717, 1.165) is 37.3 Å². The van der Waals surface area contributed by atoms with Crippen molar-refractivity contribution in [3.8, 4) is 0 Å². The molecule has 1 aliphatic heterocycles. The van der Waals surface area contributed by atoms with Crippen molar-refractivity contribution in [1.82, 2.24) is 9.88 Å². The zero-order valence-corrected chi connectivity index (χ0v) is 11.4. The predicted octanol–water partition coefficient (Wildman–Crippen LogP) is 2.40. The largest absolute Gasteiger partial charge is 0.327 e. The first-order valence-electron chi connectivity index (χ1n) is 7.03. The van der Waals surface area contributed by atoms with E-state index in [-0.39, 0.29) is 0 Å². The van der Waals surface area contributed by atoms with Crippen LogP contribution in [0.2, 0.25) is 0 Å². The van der Waals surface area contributed by atoms with Crippen molar-refractivity contribution in [2.45, 2.75) is 25.9 Å². The molecule has 3 nitrogen and oxygen atoms in total. The van der Waals surface area contributed by atoms with Crippen molar-refractivity contribution >= 4 is 10.9 Å². The number of nitrogens with two attached hydrogens (primary N) is 1. The molecular weight excluding hydrogens is 234 g/mol. The molecule has 0 saturated carbocycles. The van der Waals surface area contributed by atoms with Gasteiger partial charge in [-0.1, -0.05) is 31.2 Å². The molecule has 1 fully saturated rings. The van der Waals surface area contributed by atoms with Gasteiger partial charge < -0.3 is 5.73 Å². The molecule has 2 heterocycles. The van der Waals surface area contributed by atoms with Gasteiger partial charge in [0.1, 0.15) is 0 Å². The molecule has 0 aliphatic carbocycles. The van der Waals surface area contributed by atoms with Gasteiger partial charge in [0.05, 0.1) is 11.2 Å². The number of hydrogen-bond acceptors (Lipinski definition) is 3. The molecule has 1 aliphatic rings. The van der Waals surface area contributed by atoms with Gasteiger partial charge in [-0.25, -0.2) is 0 Å². The van der Waals surface area contributed by atoms with Gasteiger partial charge in [0.15, 0.2) is 0 Å². The number of aromatic nitrogens is 1. The molecular formula is C16H21N3. The third kappa shape index (κ3) is 2.94. The minimum absolute atomic E-state index is 0.309. The molecule has 1 aromatic heterocycles. The Hall–Kier alpha value is -1.45. The number of benzene rings is 1. The summed E-state index contributed by atoms with van der Waals surface area (Å²) in [4.78, 5) is 7.16. The van der Waals surface area contributed by atoms with Crippen LogP contribution in [0.4, 0.5) is 0 Å². The minimum Gasteiger partial charge on any atom is -0.327 e. The number of piperidine rings is 1. The quantitative estimate of drug-likeness (QED) is 0.896. The summed E-state index contributed by atoms with van der Waals surface area (Å²) in [6, 6.07) is 12.9. The highest BCUT2D eigenvalue weighted by atomic mass is 15.2. The lowest BCUT2D eigenvalue weighted by molar-refractivity contribution is 0.157. The first kappa shape index (κ1) is 12.6. The standard InChI is InChI=1S/C16H21N3/c1-12-8-14(17)10-19(9-12)11-15-7-6-13-4-2-3-5-16(13)18-15/h2-7,12,14H,8-11,17H2,1H3. The first-order valence-corrected chi connectivity index (χ1v) is 7.03. The second-order valence-corrected chi connectivity index (χ2v) is 5.79. The smallest absolute Gasteiger partial charge is 0.0705 e. The van der Waals surface area contributed by atoms with E-state index in [0.29, 0.717) is 12.0 Å². The highest BCUT2D eigenvalue weighted by Crippen LogP contribution is 2.18. The summed E-state index contributed by atoms with van der Waals surface area (Å²) >= 11 is 0. The maximum Gasteiger partial charge on any atom is 0.0705 e. The van der Waals surface area contributed by atoms with Crippen LogP contribution in [0, 0.1) is 5.92 Å². The van der Waals surface area contributed by atoms with E-state index in [1.165, 1.54) is 5.39 Å². The summed E-state index contributed by atoms with van der Waals surface area (Å²) in [7, 11) is 0. The Balaban J connectivity index is 1.77. The lowest BCUT2D eigenvalue weighted by atomic mass is 9.96. The minimum atomic E-state index is 0.309. The topological polar surface area (TPSA) is 42.1 Å². The number of rotatable bonds is 2. The second-order valence-electron chi connectivity index (χ2n) is 5.79. The lowest BCUT2D eigenvalue weighted by Crippen LogP contribution is -2.45. The predicted molar refractivity (Wildman–Crippen MR) is 78.8 cm³/mol. The van der Waals surface area contributed by atoms with Gasteiger partial charge in [0, 0.05) is 31.1 Å². The number of para-hydroxylation sites is 1. The van der Waals surface area contributed by atoms with Crippen LogP contribution in [0.15, 0.2) is 36.4 Å². The van der Waals surface area contributed by atoms with Crippen molar-refractivity contribution < 1.29 is 0 Å². The molecule has 2 atom stereocenters. The molecule has 0 radical (unpaired) electrons. The maximum atomic E-state index is 6.10. The van der Waals surface area contributed by atoms with Crippen molar-refractivity contribution in [2.75, 3.05) is 13.1 Å². The number of likely N-dealkylation sites (tertiary alicyclic amines) is 1. The molecule has 3 rings (SSSR count). The van der Waals surface area contributed by atoms with Gasteiger partial charge >= 0.3 is 0 Å². The fourth-order valence-corrected chi connectivity index (χ4v) is 3.07. The van der Waals surface area contributed by atoms with Crippen molar-refractivity contribution in [3.05, 3.63) is 42.1 Å². The average molecular weight is 255 g/mol. The van der Waals surface area contributed by atoms with Gasteiger partial charge in [0.2, 0.25) is 0 Å². The second kappa shape index (κ2) is 5.27. The summed E-state index contributed by atoms with van der Waals surface area (Å²) in [5, 5.41) is 1.20. The van der Waals surface area contributed by atoms with E-state index in [9.17, 15) is 0 Å². The zero-order chi connectivity index (χ0) is 13.2. The molecule has 100 valence electrons. The molecule has 1 saturated heterocycles. The number of fused-ring (bicyclic) bond motifs is 1. The highest BCUT2D eigenvalue weighted by Gasteiger charge is 2.22. The van der Waals surface area contributed by atoms with Gasteiger partial charge in [-0.15, -0.1) is 0 Å². The lowest BCUT2D eigenvalue weighted by Gasteiger charge is -2.34. The Morgan fingerprint density at radius 2 is 2.05 bits per heavy atom. The molecule has 2 aromatic rings. The fraction of sp³-hybridized carbons (Fsp3) is 0.438. The number of pyridine rings is 1. The summed E-state index contributed by atoms with van der Waals surface area (Å²) in [6.07, 6.45) is 1.14. The Bertz CT molecular complexity index is 557. The monoisotopic (exact) mass is 255 g/mol. The molecule has 0 spiro atoms. The molecule has 3 heteroatoms. The average Bonchev–Trinajstić information content (AvgIpc) is 2.37. The van der Waals surface area contributed by atoms with Crippen LogP contribution in [0.3, 0.4) is 0 Å². The Morgan fingerprint density at radius 1 is 1.21 bits per heavy atom. The van der Waals surface area contributed by atoms with Crippen molar-refractivity contribution in [3.63, 3.8) is 0 Å². The Kier molecular flexibility index (Phi) is 3.49. The molecule has 2 unspecified atom stereocenters. The van der Waals surface area contributed by atoms with Crippen LogP contribution in [0.25, 0.3) is 10.9 Å². The maximum absolute atomic E-state index is 6.10. The SMILES string of the molecule is CC1CC(N)CN(Cc2ccc3ccccc3n2)C1. The van der Waals surface area contributed by atoms with E-state index in [4.69, 9.17) is 10.7 Å². The van der Waals surface area contributed by atoms with E-state index in [1.807, 2.05) is 6.07 Å². The Morgan fingerprint density at radius 3 is 2.89 bits per heavy atom. The van der Waals surface area contributed by atoms with E-state index in [2.05, 4.69) is 42.2 Å². The van der Waals surface area contributed by atoms with Crippen molar-refractivity contribution in [2.24, 2.45) is 11.7 Å². The third-order valence-corrected chi connectivity index (χ3v) is 3.81. The number of hydrogen-bond donors (Lipinski definition) is 1. The van der Waals surface area contributed by atoms with E-state index < -0.39 is 0 Å². The molecule has 0 amide bonds. The summed E-state index contributed by atoms with van der Waals surface area (Å²) in [6.45, 7) is 5.30. The summed E-state index contributed by atoms with van der Waals surface area (Å²) < 4.78 is 0. The van der Waals surface area contributed by atoms with E-state index >= 15 is 0 Å². The van der Waals surface area contributed by atoms with Gasteiger partial charge in [0.25, 0.3) is 0 Å². The normalized spacial score (nSPS) is 24.7. The van der Waals surface area contributed by atoms with Crippen LogP contribution in [0.5, 0.6) is 0 Å². The Labute approximate surface area is 114 Å². The summed E-state index contributed by atoms with van der Waals surface area (Å²) in [5.74, 6) is 0.684. The fourth-order valence-electron chi connectivity index (χ4n) is 3.07. The molecule has 19 heavy (non-hydrogen) atoms. The zero-order valence-electron chi connectivity index (χ0n) is 11.4.